The molecule has 1 atom stereocenters. The van der Waals surface area contributed by atoms with E-state index in [9.17, 15) is 21.6 Å². The van der Waals surface area contributed by atoms with E-state index in [-0.39, 0.29) is 27.4 Å². The molecule has 1 aliphatic heterocycles. The summed E-state index contributed by atoms with van der Waals surface area (Å²) in [6.45, 7) is 0.779. The minimum absolute atomic E-state index is 0.00736. The summed E-state index contributed by atoms with van der Waals surface area (Å²) in [6.07, 6.45) is -3.11. The van der Waals surface area contributed by atoms with Gasteiger partial charge in [0.15, 0.2) is 0 Å². The van der Waals surface area contributed by atoms with Crippen LogP contribution in [0.4, 0.5) is 13.2 Å². The number of hydrogen-bond acceptors (Lipinski definition) is 6. The maximum atomic E-state index is 12.5. The molecule has 3 rings (SSSR count). The van der Waals surface area contributed by atoms with Crippen LogP contribution < -0.4 is 4.72 Å². The molecule has 0 spiro atoms. The molecule has 1 N–H and O–H groups in total. The van der Waals surface area contributed by atoms with Crippen LogP contribution in [0.25, 0.3) is 10.6 Å². The minimum atomic E-state index is -4.64. The molecule has 6 nitrogen and oxygen atoms in total. The van der Waals surface area contributed by atoms with Gasteiger partial charge in [0.2, 0.25) is 15.8 Å². The van der Waals surface area contributed by atoms with Gasteiger partial charge in [-0.15, -0.1) is 11.3 Å². The summed E-state index contributed by atoms with van der Waals surface area (Å²) in [7, 11) is -3.75. The van der Waals surface area contributed by atoms with E-state index in [0.717, 1.165) is 30.2 Å². The SMILES string of the molecule is O=S(=O)(NC[C@H]1CCCO1)c1ccc(-c2cc(C(F)(F)F)on2)s1. The van der Waals surface area contributed by atoms with Gasteiger partial charge in [0.05, 0.1) is 11.0 Å². The van der Waals surface area contributed by atoms with Crippen LogP contribution in [0.1, 0.15) is 18.6 Å². The quantitative estimate of drug-likeness (QED) is 0.860. The summed E-state index contributed by atoms with van der Waals surface area (Å²) in [5.74, 6) is -1.23. The lowest BCUT2D eigenvalue weighted by atomic mass is 10.2. The Labute approximate surface area is 139 Å². The second kappa shape index (κ2) is 6.47. The number of thiophene rings is 1. The van der Waals surface area contributed by atoms with Gasteiger partial charge in [0.1, 0.15) is 9.90 Å². The van der Waals surface area contributed by atoms with Crippen molar-refractivity contribution < 1.29 is 30.8 Å². The Kier molecular flexibility index (Phi) is 4.69. The van der Waals surface area contributed by atoms with Gasteiger partial charge >= 0.3 is 6.18 Å². The molecule has 2 aromatic rings. The van der Waals surface area contributed by atoms with Gasteiger partial charge in [-0.2, -0.15) is 13.2 Å². The van der Waals surface area contributed by atoms with E-state index in [1.165, 1.54) is 12.1 Å². The average Bonchev–Trinajstić information content (AvgIpc) is 3.23. The van der Waals surface area contributed by atoms with Gasteiger partial charge in [-0.3, -0.25) is 0 Å². The third-order valence-electron chi connectivity index (χ3n) is 3.41. The number of sulfonamides is 1. The number of rotatable bonds is 5. The van der Waals surface area contributed by atoms with Gasteiger partial charge < -0.3 is 9.26 Å². The van der Waals surface area contributed by atoms with Crippen molar-refractivity contribution in [3.63, 3.8) is 0 Å². The molecular formula is C13H13F3N2O4S2. The first-order valence-electron chi connectivity index (χ1n) is 7.01. The lowest BCUT2D eigenvalue weighted by Crippen LogP contribution is -2.31. The zero-order chi connectivity index (χ0) is 17.4. The second-order valence-electron chi connectivity index (χ2n) is 5.18. The third-order valence-corrected chi connectivity index (χ3v) is 6.44. The van der Waals surface area contributed by atoms with E-state index in [2.05, 4.69) is 14.4 Å². The van der Waals surface area contributed by atoms with Gasteiger partial charge in [-0.25, -0.2) is 13.1 Å². The van der Waals surface area contributed by atoms with Crippen LogP contribution in [0.5, 0.6) is 0 Å². The molecule has 0 aromatic carbocycles. The lowest BCUT2D eigenvalue weighted by molar-refractivity contribution is -0.155. The minimum Gasteiger partial charge on any atom is -0.377 e. The summed E-state index contributed by atoms with van der Waals surface area (Å²) in [5, 5.41) is 3.34. The lowest BCUT2D eigenvalue weighted by Gasteiger charge is -2.10. The zero-order valence-corrected chi connectivity index (χ0v) is 13.8. The summed E-state index contributed by atoms with van der Waals surface area (Å²) in [5.41, 5.74) is -0.0621. The molecule has 3 heterocycles. The second-order valence-corrected chi connectivity index (χ2v) is 8.26. The van der Waals surface area contributed by atoms with Crippen molar-refractivity contribution in [1.29, 1.82) is 0 Å². The highest BCUT2D eigenvalue weighted by Gasteiger charge is 2.36. The highest BCUT2D eigenvalue weighted by Crippen LogP contribution is 2.35. The number of hydrogen-bond donors (Lipinski definition) is 1. The molecule has 11 heteroatoms. The molecule has 24 heavy (non-hydrogen) atoms. The number of ether oxygens (including phenoxy) is 1. The molecular weight excluding hydrogens is 369 g/mol. The number of alkyl halides is 3. The molecule has 1 aliphatic rings. The fraction of sp³-hybridized carbons (Fsp3) is 0.462. The Bertz CT molecular complexity index is 807. The highest BCUT2D eigenvalue weighted by molar-refractivity contribution is 7.91. The predicted molar refractivity (Wildman–Crippen MR) is 79.0 cm³/mol. The van der Waals surface area contributed by atoms with Crippen LogP contribution in [-0.4, -0.2) is 32.8 Å². The predicted octanol–water partition coefficient (Wildman–Crippen LogP) is 2.88. The summed E-state index contributed by atoms with van der Waals surface area (Å²) >= 11 is 0.818. The molecule has 0 amide bonds. The Morgan fingerprint density at radius 1 is 1.38 bits per heavy atom. The average molecular weight is 382 g/mol. The monoisotopic (exact) mass is 382 g/mol. The van der Waals surface area contributed by atoms with Crippen LogP contribution in [0.2, 0.25) is 0 Å². The topological polar surface area (TPSA) is 81.4 Å². The van der Waals surface area contributed by atoms with Gasteiger partial charge in [0, 0.05) is 19.2 Å². The van der Waals surface area contributed by atoms with Gasteiger partial charge in [0.25, 0.3) is 0 Å². The first kappa shape index (κ1) is 17.4. The Morgan fingerprint density at radius 2 is 2.17 bits per heavy atom. The van der Waals surface area contributed by atoms with E-state index in [0.29, 0.717) is 6.61 Å². The smallest absolute Gasteiger partial charge is 0.377 e. The first-order valence-corrected chi connectivity index (χ1v) is 9.31. The molecule has 1 fully saturated rings. The molecule has 0 saturated carbocycles. The molecule has 0 radical (unpaired) electrons. The van der Waals surface area contributed by atoms with Crippen LogP contribution >= 0.6 is 11.3 Å². The fourth-order valence-electron chi connectivity index (χ4n) is 2.21. The van der Waals surface area contributed by atoms with Crippen LogP contribution in [0.15, 0.2) is 26.9 Å². The van der Waals surface area contributed by atoms with E-state index in [1.807, 2.05) is 0 Å². The number of nitrogens with one attached hydrogen (secondary N) is 1. The van der Waals surface area contributed by atoms with Crippen molar-refractivity contribution >= 4 is 21.4 Å². The van der Waals surface area contributed by atoms with Crippen molar-refractivity contribution in [2.75, 3.05) is 13.2 Å². The van der Waals surface area contributed by atoms with E-state index < -0.39 is 22.0 Å². The number of nitrogens with zero attached hydrogens (tertiary/aromatic N) is 1. The highest BCUT2D eigenvalue weighted by atomic mass is 32.2. The van der Waals surface area contributed by atoms with Crippen LogP contribution in [0.3, 0.4) is 0 Å². The molecule has 0 bridgehead atoms. The van der Waals surface area contributed by atoms with Gasteiger partial charge in [-0.05, 0) is 25.0 Å². The van der Waals surface area contributed by atoms with E-state index >= 15 is 0 Å². The maximum Gasteiger partial charge on any atom is 0.452 e. The molecule has 0 aliphatic carbocycles. The molecule has 0 unspecified atom stereocenters. The maximum absolute atomic E-state index is 12.5. The number of aromatic nitrogens is 1. The third kappa shape index (κ3) is 3.79. The van der Waals surface area contributed by atoms with Crippen molar-refractivity contribution in [3.8, 4) is 10.6 Å². The largest absolute Gasteiger partial charge is 0.452 e. The van der Waals surface area contributed by atoms with Crippen LogP contribution in [-0.2, 0) is 20.9 Å². The zero-order valence-electron chi connectivity index (χ0n) is 12.2. The summed E-state index contributed by atoms with van der Waals surface area (Å²) in [4.78, 5) is 0.270. The summed E-state index contributed by atoms with van der Waals surface area (Å²) in [6, 6.07) is 3.45. The first-order chi connectivity index (χ1) is 11.3. The standard InChI is InChI=1S/C13H13F3N2O4S2/c14-13(15,16)11-6-9(18-22-11)10-3-4-12(23-10)24(19,20)17-7-8-2-1-5-21-8/h3-4,6,8,17H,1-2,5,7H2/t8-/m1/s1. The molecule has 1 saturated heterocycles. The Hall–Kier alpha value is -1.43. The van der Waals surface area contributed by atoms with Crippen LogP contribution in [0, 0.1) is 0 Å². The van der Waals surface area contributed by atoms with Crippen molar-refractivity contribution in [2.45, 2.75) is 29.3 Å². The number of halogens is 3. The van der Waals surface area contributed by atoms with E-state index in [4.69, 9.17) is 4.74 Å². The fourth-order valence-corrected chi connectivity index (χ4v) is 4.58. The van der Waals surface area contributed by atoms with E-state index in [1.54, 1.807) is 0 Å². The van der Waals surface area contributed by atoms with Gasteiger partial charge in [-0.1, -0.05) is 5.16 Å². The Balaban J connectivity index is 1.73. The van der Waals surface area contributed by atoms with Crippen molar-refractivity contribution in [2.24, 2.45) is 0 Å². The normalized spacial score (nSPS) is 19.0. The molecule has 2 aromatic heterocycles. The molecule has 132 valence electrons. The summed E-state index contributed by atoms with van der Waals surface area (Å²) < 4.78 is 74.0. The van der Waals surface area contributed by atoms with Crippen molar-refractivity contribution in [1.82, 2.24) is 9.88 Å². The Morgan fingerprint density at radius 3 is 2.79 bits per heavy atom. The van der Waals surface area contributed by atoms with Crippen molar-refractivity contribution in [3.05, 3.63) is 24.0 Å².